The van der Waals surface area contributed by atoms with Crippen molar-refractivity contribution in [3.63, 3.8) is 0 Å². The molecule has 20 heavy (non-hydrogen) atoms. The third-order valence-corrected chi connectivity index (χ3v) is 4.28. The molecule has 2 aromatic carbocycles. The van der Waals surface area contributed by atoms with Gasteiger partial charge in [-0.1, -0.05) is 62.7 Å². The average Bonchev–Trinajstić information content (AvgIpc) is 2.46. The van der Waals surface area contributed by atoms with E-state index in [1.165, 1.54) is 5.56 Å². The van der Waals surface area contributed by atoms with Crippen molar-refractivity contribution in [1.82, 2.24) is 0 Å². The predicted molar refractivity (Wildman–Crippen MR) is 85.3 cm³/mol. The number of benzene rings is 2. The zero-order valence-corrected chi connectivity index (χ0v) is 12.7. The molecule has 0 saturated heterocycles. The van der Waals surface area contributed by atoms with E-state index in [0.717, 1.165) is 30.4 Å². The van der Waals surface area contributed by atoms with Gasteiger partial charge < -0.3 is 5.11 Å². The van der Waals surface area contributed by atoms with Gasteiger partial charge in [-0.2, -0.15) is 0 Å². The summed E-state index contributed by atoms with van der Waals surface area (Å²) in [4.78, 5) is 0. The third kappa shape index (κ3) is 2.58. The molecule has 1 atom stereocenters. The second kappa shape index (κ2) is 6.13. The van der Waals surface area contributed by atoms with Crippen LogP contribution in [0.3, 0.4) is 0 Å². The lowest BCUT2D eigenvalue weighted by Crippen LogP contribution is -2.27. The summed E-state index contributed by atoms with van der Waals surface area (Å²) in [6.45, 7) is 6.43. The van der Waals surface area contributed by atoms with E-state index in [4.69, 9.17) is 0 Å². The second-order valence-electron chi connectivity index (χ2n) is 5.57. The minimum atomic E-state index is -0.0895. The monoisotopic (exact) mass is 268 g/mol. The third-order valence-electron chi connectivity index (χ3n) is 4.28. The van der Waals surface area contributed by atoms with Gasteiger partial charge >= 0.3 is 0 Å². The number of aryl methyl sites for hydroxylation is 1. The first-order valence-corrected chi connectivity index (χ1v) is 7.49. The molecule has 0 aliphatic heterocycles. The van der Waals surface area contributed by atoms with E-state index in [1.54, 1.807) is 0 Å². The first-order chi connectivity index (χ1) is 9.64. The normalized spacial score (nSPS) is 13.9. The minimum Gasteiger partial charge on any atom is -0.508 e. The largest absolute Gasteiger partial charge is 0.508 e. The highest BCUT2D eigenvalue weighted by molar-refractivity contribution is 5.47. The summed E-state index contributed by atoms with van der Waals surface area (Å²) in [5.74, 6) is 0.421. The fourth-order valence-corrected chi connectivity index (χ4v) is 3.24. The molecule has 0 bridgehead atoms. The van der Waals surface area contributed by atoms with Crippen molar-refractivity contribution >= 4 is 0 Å². The van der Waals surface area contributed by atoms with Crippen LogP contribution < -0.4 is 0 Å². The molecular formula is C19H24O. The lowest BCUT2D eigenvalue weighted by Gasteiger charge is -2.34. The number of aromatic hydroxyl groups is 1. The highest BCUT2D eigenvalue weighted by Gasteiger charge is 2.33. The number of hydrogen-bond donors (Lipinski definition) is 1. The Bertz CT molecular complexity index is 559. The number of hydrogen-bond acceptors (Lipinski definition) is 1. The molecule has 0 spiro atoms. The quantitative estimate of drug-likeness (QED) is 0.790. The van der Waals surface area contributed by atoms with Crippen LogP contribution in [-0.2, 0) is 5.41 Å². The van der Waals surface area contributed by atoms with Gasteiger partial charge in [0.1, 0.15) is 5.75 Å². The van der Waals surface area contributed by atoms with Crippen molar-refractivity contribution in [3.05, 3.63) is 65.2 Å². The van der Waals surface area contributed by atoms with Gasteiger partial charge in [0.25, 0.3) is 0 Å². The van der Waals surface area contributed by atoms with E-state index in [1.807, 2.05) is 19.1 Å². The van der Waals surface area contributed by atoms with Gasteiger partial charge in [0.05, 0.1) is 0 Å². The first-order valence-electron chi connectivity index (χ1n) is 7.49. The molecule has 1 N–H and O–H groups in total. The van der Waals surface area contributed by atoms with Crippen molar-refractivity contribution in [3.8, 4) is 5.75 Å². The highest BCUT2D eigenvalue weighted by atomic mass is 16.3. The molecule has 0 aliphatic rings. The van der Waals surface area contributed by atoms with Crippen molar-refractivity contribution in [1.29, 1.82) is 0 Å². The summed E-state index contributed by atoms with van der Waals surface area (Å²) in [6.07, 6.45) is 3.13. The molecule has 0 saturated carbocycles. The van der Waals surface area contributed by atoms with E-state index < -0.39 is 0 Å². The molecule has 1 heteroatoms. The first kappa shape index (κ1) is 14.6. The molecule has 2 rings (SSSR count). The maximum Gasteiger partial charge on any atom is 0.119 e. The molecule has 0 heterocycles. The number of phenolic OH excluding ortho intramolecular Hbond substituents is 1. The molecule has 0 aromatic heterocycles. The van der Waals surface area contributed by atoms with Crippen LogP contribution in [0.5, 0.6) is 5.75 Å². The number of rotatable bonds is 5. The maximum atomic E-state index is 10.4. The summed E-state index contributed by atoms with van der Waals surface area (Å²) in [5, 5.41) is 10.4. The molecule has 0 aliphatic carbocycles. The van der Waals surface area contributed by atoms with Crippen molar-refractivity contribution in [2.24, 2.45) is 0 Å². The van der Waals surface area contributed by atoms with Gasteiger partial charge in [-0.15, -0.1) is 0 Å². The van der Waals surface area contributed by atoms with Crippen LogP contribution in [0.15, 0.2) is 48.5 Å². The van der Waals surface area contributed by atoms with Crippen LogP contribution in [0.4, 0.5) is 0 Å². The lowest BCUT2D eigenvalue weighted by atomic mass is 9.69. The van der Waals surface area contributed by atoms with Crippen LogP contribution in [0.2, 0.25) is 0 Å². The Morgan fingerprint density at radius 3 is 2.25 bits per heavy atom. The van der Waals surface area contributed by atoms with Crippen LogP contribution in [0.1, 0.15) is 49.8 Å². The molecule has 0 fully saturated rings. The Kier molecular flexibility index (Phi) is 4.49. The van der Waals surface area contributed by atoms with Gasteiger partial charge in [0.15, 0.2) is 0 Å². The van der Waals surface area contributed by atoms with Gasteiger partial charge in [-0.05, 0) is 37.0 Å². The van der Waals surface area contributed by atoms with Crippen LogP contribution in [0, 0.1) is 6.92 Å². The Morgan fingerprint density at radius 2 is 1.70 bits per heavy atom. The average molecular weight is 268 g/mol. The van der Waals surface area contributed by atoms with E-state index in [0.29, 0.717) is 5.75 Å². The van der Waals surface area contributed by atoms with Gasteiger partial charge in [0, 0.05) is 11.0 Å². The topological polar surface area (TPSA) is 20.2 Å². The zero-order valence-electron chi connectivity index (χ0n) is 12.7. The Balaban J connectivity index is 2.63. The van der Waals surface area contributed by atoms with Crippen molar-refractivity contribution in [2.45, 2.75) is 45.4 Å². The molecule has 1 unspecified atom stereocenters. The van der Waals surface area contributed by atoms with Crippen LogP contribution in [0.25, 0.3) is 0 Å². The molecule has 0 radical (unpaired) electrons. The molecule has 0 amide bonds. The fraction of sp³-hybridized carbons (Fsp3) is 0.368. The Morgan fingerprint density at radius 1 is 1.00 bits per heavy atom. The van der Waals surface area contributed by atoms with Crippen LogP contribution in [-0.4, -0.2) is 5.11 Å². The van der Waals surface area contributed by atoms with Crippen molar-refractivity contribution < 1.29 is 5.11 Å². The smallest absolute Gasteiger partial charge is 0.119 e. The second-order valence-corrected chi connectivity index (χ2v) is 5.57. The minimum absolute atomic E-state index is 0.0895. The lowest BCUT2D eigenvalue weighted by molar-refractivity contribution is 0.406. The van der Waals surface area contributed by atoms with Gasteiger partial charge in [0.2, 0.25) is 0 Å². The molecular weight excluding hydrogens is 244 g/mol. The standard InChI is InChI=1S/C19H24O/c1-4-13-19(5-2,16-9-7-6-8-10-16)17-12-11-15(3)14-18(17)20/h6-12,14,20H,4-5,13H2,1-3H3. The predicted octanol–water partition coefficient (Wildman–Crippen LogP) is 5.20. The summed E-state index contributed by atoms with van der Waals surface area (Å²) in [5.41, 5.74) is 3.36. The van der Waals surface area contributed by atoms with E-state index in [2.05, 4.69) is 50.2 Å². The number of phenols is 1. The fourth-order valence-electron chi connectivity index (χ4n) is 3.24. The van der Waals surface area contributed by atoms with E-state index in [9.17, 15) is 5.11 Å². The maximum absolute atomic E-state index is 10.4. The summed E-state index contributed by atoms with van der Waals surface area (Å²) in [6, 6.07) is 16.6. The zero-order chi connectivity index (χ0) is 14.6. The summed E-state index contributed by atoms with van der Waals surface area (Å²) < 4.78 is 0. The molecule has 1 nitrogen and oxygen atoms in total. The SMILES string of the molecule is CCCC(CC)(c1ccccc1)c1ccc(C)cc1O. The van der Waals surface area contributed by atoms with Crippen molar-refractivity contribution in [2.75, 3.05) is 0 Å². The molecule has 2 aromatic rings. The van der Waals surface area contributed by atoms with Gasteiger partial charge in [-0.3, -0.25) is 0 Å². The van der Waals surface area contributed by atoms with E-state index >= 15 is 0 Å². The Labute approximate surface area is 122 Å². The van der Waals surface area contributed by atoms with E-state index in [-0.39, 0.29) is 5.41 Å². The highest BCUT2D eigenvalue weighted by Crippen LogP contribution is 2.43. The summed E-state index contributed by atoms with van der Waals surface area (Å²) in [7, 11) is 0. The Hall–Kier alpha value is -1.76. The van der Waals surface area contributed by atoms with Gasteiger partial charge in [-0.25, -0.2) is 0 Å². The molecule has 106 valence electrons. The van der Waals surface area contributed by atoms with Crippen LogP contribution >= 0.6 is 0 Å². The summed E-state index contributed by atoms with van der Waals surface area (Å²) >= 11 is 0.